The van der Waals surface area contributed by atoms with Crippen LogP contribution in [-0.2, 0) is 4.79 Å². The van der Waals surface area contributed by atoms with Gasteiger partial charge in [-0.2, -0.15) is 0 Å². The Balaban J connectivity index is 3.19. The Labute approximate surface area is 121 Å². The van der Waals surface area contributed by atoms with Gasteiger partial charge < -0.3 is 14.6 Å². The van der Waals surface area contributed by atoms with E-state index in [2.05, 4.69) is 0 Å². The number of carboxylic acids is 1. The van der Waals surface area contributed by atoms with Crippen molar-refractivity contribution < 1.29 is 24.2 Å². The minimum Gasteiger partial charge on any atom is -0.493 e. The van der Waals surface area contributed by atoms with Crippen LogP contribution in [0, 0.1) is 0 Å². The lowest BCUT2D eigenvalue weighted by Crippen LogP contribution is -2.04. The summed E-state index contributed by atoms with van der Waals surface area (Å²) in [7, 11) is 0. The van der Waals surface area contributed by atoms with Gasteiger partial charge in [-0.3, -0.25) is 4.79 Å². The molecule has 0 heterocycles. The van der Waals surface area contributed by atoms with Crippen molar-refractivity contribution >= 4 is 23.4 Å². The molecule has 0 bridgehead atoms. The quantitative estimate of drug-likeness (QED) is 0.619. The fourth-order valence-electron chi connectivity index (χ4n) is 1.51. The molecule has 20 heavy (non-hydrogen) atoms. The normalized spacial score (nSPS) is 10.6. The second-order valence-corrected chi connectivity index (χ2v) is 4.09. The molecule has 0 saturated carbocycles. The largest absolute Gasteiger partial charge is 0.493 e. The molecule has 0 aliphatic rings. The van der Waals surface area contributed by atoms with Crippen molar-refractivity contribution in [2.24, 2.45) is 0 Å². The number of benzene rings is 1. The molecule has 6 heteroatoms. The number of rotatable bonds is 7. The summed E-state index contributed by atoms with van der Waals surface area (Å²) < 4.78 is 10.7. The van der Waals surface area contributed by atoms with E-state index in [0.29, 0.717) is 24.7 Å². The number of carbonyl (C=O) groups excluding carboxylic acids is 1. The number of carbonyl (C=O) groups is 2. The molecule has 0 aliphatic carbocycles. The summed E-state index contributed by atoms with van der Waals surface area (Å²) in [6.45, 7) is 4.37. The van der Waals surface area contributed by atoms with Gasteiger partial charge in [0.2, 0.25) is 0 Å². The Morgan fingerprint density at radius 3 is 2.30 bits per heavy atom. The minimum atomic E-state index is -1.20. The van der Waals surface area contributed by atoms with Crippen molar-refractivity contribution in [3.05, 3.63) is 34.9 Å². The van der Waals surface area contributed by atoms with Crippen LogP contribution in [0.2, 0.25) is 5.02 Å². The summed E-state index contributed by atoms with van der Waals surface area (Å²) in [5.41, 5.74) is 0.192. The van der Waals surface area contributed by atoms with Crippen LogP contribution in [0.15, 0.2) is 24.3 Å². The van der Waals surface area contributed by atoms with E-state index < -0.39 is 11.8 Å². The van der Waals surface area contributed by atoms with E-state index in [1.165, 1.54) is 12.1 Å². The van der Waals surface area contributed by atoms with Crippen molar-refractivity contribution in [3.63, 3.8) is 0 Å². The van der Waals surface area contributed by atoms with Gasteiger partial charge in [0.1, 0.15) is 11.5 Å². The molecule has 0 atom stereocenters. The van der Waals surface area contributed by atoms with Gasteiger partial charge in [-0.05, 0) is 26.0 Å². The maximum Gasteiger partial charge on any atom is 0.328 e. The summed E-state index contributed by atoms with van der Waals surface area (Å²) in [5, 5.41) is 8.80. The summed E-state index contributed by atoms with van der Waals surface area (Å²) >= 11 is 6.01. The minimum absolute atomic E-state index is 0.192. The Morgan fingerprint density at radius 1 is 1.15 bits per heavy atom. The SMILES string of the molecule is CCOc1cc(OCC)c(C(=O)/C=C/C(=O)O)cc1Cl. The van der Waals surface area contributed by atoms with Crippen LogP contribution in [0.4, 0.5) is 0 Å². The molecule has 0 fully saturated rings. The fraction of sp³-hybridized carbons (Fsp3) is 0.286. The third kappa shape index (κ3) is 4.28. The van der Waals surface area contributed by atoms with Gasteiger partial charge in [0.15, 0.2) is 5.78 Å². The zero-order chi connectivity index (χ0) is 15.1. The maximum absolute atomic E-state index is 11.9. The summed E-state index contributed by atoms with van der Waals surface area (Å²) in [6.07, 6.45) is 1.72. The lowest BCUT2D eigenvalue weighted by Gasteiger charge is -2.12. The summed E-state index contributed by atoms with van der Waals surface area (Å²) in [5.74, 6) is -0.981. The van der Waals surface area contributed by atoms with Gasteiger partial charge in [0, 0.05) is 12.1 Å². The Bertz CT molecular complexity index is 537. The van der Waals surface area contributed by atoms with Gasteiger partial charge in [0.25, 0.3) is 0 Å². The van der Waals surface area contributed by atoms with Crippen LogP contribution >= 0.6 is 11.6 Å². The summed E-state index contributed by atoms with van der Waals surface area (Å²) in [4.78, 5) is 22.4. The topological polar surface area (TPSA) is 72.8 Å². The number of hydrogen-bond acceptors (Lipinski definition) is 4. The van der Waals surface area contributed by atoms with E-state index >= 15 is 0 Å². The maximum atomic E-state index is 11.9. The number of allylic oxidation sites excluding steroid dienone is 1. The highest BCUT2D eigenvalue weighted by Gasteiger charge is 2.15. The molecule has 1 rings (SSSR count). The lowest BCUT2D eigenvalue weighted by molar-refractivity contribution is -0.131. The molecule has 1 aromatic rings. The second-order valence-electron chi connectivity index (χ2n) is 3.68. The Morgan fingerprint density at radius 2 is 1.75 bits per heavy atom. The second kappa shape index (κ2) is 7.55. The van der Waals surface area contributed by atoms with Crippen LogP contribution in [0.25, 0.3) is 0 Å². The zero-order valence-corrected chi connectivity index (χ0v) is 11.9. The van der Waals surface area contributed by atoms with Gasteiger partial charge in [-0.1, -0.05) is 11.6 Å². The average molecular weight is 299 g/mol. The molecular formula is C14H15ClO5. The van der Waals surface area contributed by atoms with Gasteiger partial charge >= 0.3 is 5.97 Å². The Kier molecular flexibility index (Phi) is 6.06. The van der Waals surface area contributed by atoms with Crippen LogP contribution in [0.5, 0.6) is 11.5 Å². The fourth-order valence-corrected chi connectivity index (χ4v) is 1.72. The molecule has 108 valence electrons. The van der Waals surface area contributed by atoms with E-state index in [1.54, 1.807) is 6.92 Å². The van der Waals surface area contributed by atoms with Crippen molar-refractivity contribution in [1.29, 1.82) is 0 Å². The first-order chi connectivity index (χ1) is 9.49. The predicted octanol–water partition coefficient (Wildman–Crippen LogP) is 2.96. The van der Waals surface area contributed by atoms with Gasteiger partial charge in [-0.25, -0.2) is 4.79 Å². The predicted molar refractivity (Wildman–Crippen MR) is 74.9 cm³/mol. The van der Waals surface area contributed by atoms with Crippen molar-refractivity contribution in [2.45, 2.75) is 13.8 Å². The molecule has 0 saturated heterocycles. The molecule has 5 nitrogen and oxygen atoms in total. The van der Waals surface area contributed by atoms with Crippen LogP contribution in [-0.4, -0.2) is 30.1 Å². The standard InChI is InChI=1S/C14H15ClO5/c1-3-19-12-8-13(20-4-2)10(15)7-9(12)11(16)5-6-14(17)18/h5-8H,3-4H2,1-2H3,(H,17,18)/b6-5+. The van der Waals surface area contributed by atoms with Crippen LogP contribution in [0.1, 0.15) is 24.2 Å². The molecule has 1 aromatic carbocycles. The first kappa shape index (κ1) is 16.0. The van der Waals surface area contributed by atoms with E-state index in [0.717, 1.165) is 12.2 Å². The first-order valence-electron chi connectivity index (χ1n) is 6.04. The van der Waals surface area contributed by atoms with E-state index in [-0.39, 0.29) is 10.6 Å². The van der Waals surface area contributed by atoms with Crippen LogP contribution in [0.3, 0.4) is 0 Å². The molecular weight excluding hydrogens is 284 g/mol. The number of carboxylic acid groups (broad SMARTS) is 1. The third-order valence-corrected chi connectivity index (χ3v) is 2.57. The highest BCUT2D eigenvalue weighted by atomic mass is 35.5. The van der Waals surface area contributed by atoms with E-state index in [9.17, 15) is 9.59 Å². The number of aliphatic carboxylic acids is 1. The molecule has 0 unspecified atom stereocenters. The average Bonchev–Trinajstić information content (AvgIpc) is 2.40. The monoisotopic (exact) mass is 298 g/mol. The van der Waals surface area contributed by atoms with E-state index in [1.807, 2.05) is 6.92 Å². The molecule has 1 N–H and O–H groups in total. The zero-order valence-electron chi connectivity index (χ0n) is 11.2. The van der Waals surface area contributed by atoms with E-state index in [4.69, 9.17) is 26.2 Å². The van der Waals surface area contributed by atoms with Crippen LogP contribution < -0.4 is 9.47 Å². The Hall–Kier alpha value is -2.01. The highest BCUT2D eigenvalue weighted by molar-refractivity contribution is 6.32. The van der Waals surface area contributed by atoms with Crippen molar-refractivity contribution in [3.8, 4) is 11.5 Å². The first-order valence-corrected chi connectivity index (χ1v) is 6.41. The van der Waals surface area contributed by atoms with Gasteiger partial charge in [0.05, 0.1) is 23.8 Å². The third-order valence-electron chi connectivity index (χ3n) is 2.28. The number of halogens is 1. The number of ether oxygens (including phenoxy) is 2. The number of ketones is 1. The molecule has 0 spiro atoms. The summed E-state index contributed by atoms with van der Waals surface area (Å²) in [6, 6.07) is 2.93. The highest BCUT2D eigenvalue weighted by Crippen LogP contribution is 2.33. The van der Waals surface area contributed by atoms with Gasteiger partial charge in [-0.15, -0.1) is 0 Å². The number of hydrogen-bond donors (Lipinski definition) is 1. The molecule has 0 aromatic heterocycles. The molecule has 0 amide bonds. The molecule has 0 radical (unpaired) electrons. The smallest absolute Gasteiger partial charge is 0.328 e. The lowest BCUT2D eigenvalue weighted by atomic mass is 10.1. The molecule has 0 aliphatic heterocycles. The van der Waals surface area contributed by atoms with Crippen molar-refractivity contribution in [2.75, 3.05) is 13.2 Å². The van der Waals surface area contributed by atoms with Crippen molar-refractivity contribution in [1.82, 2.24) is 0 Å².